The second-order valence-electron chi connectivity index (χ2n) is 7.22. The average Bonchev–Trinajstić information content (AvgIpc) is 2.77. The Kier molecular flexibility index (Phi) is 10.2. The second-order valence-corrected chi connectivity index (χ2v) is 9.16. The maximum atomic E-state index is 13.2. The fourth-order valence-electron chi connectivity index (χ4n) is 3.71. The molecule has 2 aromatic rings. The zero-order valence-corrected chi connectivity index (χ0v) is 19.2. The summed E-state index contributed by atoms with van der Waals surface area (Å²) in [5.41, 5.74) is 3.70. The van der Waals surface area contributed by atoms with Crippen LogP contribution >= 0.6 is 0 Å². The molecule has 1 heterocycles. The Hall–Kier alpha value is -2.18. The fourth-order valence-corrected chi connectivity index (χ4v) is 5.26. The number of anilines is 1. The number of hydrogen-bond donors (Lipinski definition) is 1. The van der Waals surface area contributed by atoms with E-state index in [1.807, 2.05) is 43.3 Å². The van der Waals surface area contributed by atoms with E-state index in [1.165, 1.54) is 23.6 Å². The molecule has 164 valence electrons. The number of nitrogens with zero attached hydrogens (tertiary/aromatic N) is 1. The smallest absolute Gasteiger partial charge is 0.373 e. The highest BCUT2D eigenvalue weighted by molar-refractivity contribution is 7.92. The lowest BCUT2D eigenvalue weighted by Crippen LogP contribution is -3.00. The van der Waals surface area contributed by atoms with Crippen molar-refractivity contribution in [3.8, 4) is 0 Å². The second kappa shape index (κ2) is 11.9. The van der Waals surface area contributed by atoms with Crippen LogP contribution in [0, 0.1) is 6.92 Å². The summed E-state index contributed by atoms with van der Waals surface area (Å²) in [5, 5.41) is 2.30. The standard InChI is InChI=1S/C21H28N2O2S.CO2.ClH/c1-4-5-6-9-14-22-21-17-10-7-8-11-19(17)23(3)26(24,25)20-15-16(2)12-13-18(20)21;2-1-3;/h7-8,10-13,15,21-22H,4-6,9,14H2,1-3H3;;1H. The summed E-state index contributed by atoms with van der Waals surface area (Å²) in [6.07, 6.45) is 5.09. The van der Waals surface area contributed by atoms with Crippen molar-refractivity contribution in [3.05, 3.63) is 59.2 Å². The minimum Gasteiger partial charge on any atom is -1.00 e. The van der Waals surface area contributed by atoms with Gasteiger partial charge in [-0.25, -0.2) is 8.42 Å². The zero-order valence-electron chi connectivity index (χ0n) is 17.6. The van der Waals surface area contributed by atoms with Crippen LogP contribution in [0.4, 0.5) is 5.69 Å². The van der Waals surface area contributed by atoms with Crippen molar-refractivity contribution in [3.63, 3.8) is 0 Å². The molecule has 8 heteroatoms. The number of carbonyl (C=O) groups excluding carboxylic acids is 2. The van der Waals surface area contributed by atoms with Crippen LogP contribution in [0.25, 0.3) is 0 Å². The number of benzene rings is 2. The maximum Gasteiger partial charge on any atom is 0.373 e. The van der Waals surface area contributed by atoms with Crippen LogP contribution in [0.5, 0.6) is 0 Å². The van der Waals surface area contributed by atoms with Crippen molar-refractivity contribution >= 4 is 21.9 Å². The summed E-state index contributed by atoms with van der Waals surface area (Å²) in [4.78, 5) is 16.7. The number of aryl methyl sites for hydroxylation is 1. The van der Waals surface area contributed by atoms with E-state index >= 15 is 0 Å². The first-order valence-electron chi connectivity index (χ1n) is 9.89. The lowest BCUT2D eigenvalue weighted by molar-refractivity contribution is -0.687. The summed E-state index contributed by atoms with van der Waals surface area (Å²) < 4.78 is 27.9. The van der Waals surface area contributed by atoms with Gasteiger partial charge in [0.05, 0.1) is 17.1 Å². The van der Waals surface area contributed by atoms with Crippen LogP contribution < -0.4 is 22.0 Å². The first-order valence-corrected chi connectivity index (χ1v) is 11.3. The van der Waals surface area contributed by atoms with E-state index < -0.39 is 10.0 Å². The number of nitrogens with two attached hydrogens (primary N) is 1. The summed E-state index contributed by atoms with van der Waals surface area (Å²) in [6.45, 7) is 5.15. The first kappa shape index (κ1) is 25.9. The Balaban J connectivity index is 0.00000106. The van der Waals surface area contributed by atoms with Gasteiger partial charge >= 0.3 is 6.15 Å². The van der Waals surface area contributed by atoms with Gasteiger partial charge in [0.1, 0.15) is 6.04 Å². The van der Waals surface area contributed by atoms with Crippen molar-refractivity contribution in [2.24, 2.45) is 0 Å². The van der Waals surface area contributed by atoms with Crippen LogP contribution in [0.15, 0.2) is 47.4 Å². The monoisotopic (exact) mass is 452 g/mol. The van der Waals surface area contributed by atoms with Crippen LogP contribution in [-0.4, -0.2) is 28.2 Å². The van der Waals surface area contributed by atoms with Crippen molar-refractivity contribution in [1.82, 2.24) is 0 Å². The van der Waals surface area contributed by atoms with Crippen molar-refractivity contribution in [1.29, 1.82) is 0 Å². The third kappa shape index (κ3) is 5.70. The quantitative estimate of drug-likeness (QED) is 0.614. The Labute approximate surface area is 185 Å². The molecule has 1 atom stereocenters. The highest BCUT2D eigenvalue weighted by atomic mass is 35.5. The van der Waals surface area contributed by atoms with Gasteiger partial charge in [-0.3, -0.25) is 4.31 Å². The number of quaternary nitrogens is 1. The van der Waals surface area contributed by atoms with Gasteiger partial charge in [-0.1, -0.05) is 50.1 Å². The highest BCUT2D eigenvalue weighted by Crippen LogP contribution is 2.38. The Morgan fingerprint density at radius 2 is 1.70 bits per heavy atom. The minimum absolute atomic E-state index is 0. The number of halogens is 1. The lowest BCUT2D eigenvalue weighted by atomic mass is 9.96. The predicted molar refractivity (Wildman–Crippen MR) is 111 cm³/mol. The molecule has 0 fully saturated rings. The third-order valence-electron chi connectivity index (χ3n) is 5.21. The fraction of sp³-hybridized carbons (Fsp3) is 0.409. The molecular formula is C22H29ClN2O4S. The Morgan fingerprint density at radius 1 is 1.03 bits per heavy atom. The van der Waals surface area contributed by atoms with Gasteiger partial charge in [0, 0.05) is 18.2 Å². The minimum atomic E-state index is -3.55. The van der Waals surface area contributed by atoms with Crippen LogP contribution in [0.1, 0.15) is 55.3 Å². The van der Waals surface area contributed by atoms with Gasteiger partial charge in [-0.05, 0) is 37.5 Å². The average molecular weight is 453 g/mol. The van der Waals surface area contributed by atoms with Crippen LogP contribution in [0.3, 0.4) is 0 Å². The molecule has 30 heavy (non-hydrogen) atoms. The SMILES string of the molecule is CCCCCC[NH2+]C1c2ccccc2N(C)S(=O)(=O)c2cc(C)ccc21.O=C=O.[Cl-]. The molecule has 3 rings (SSSR count). The summed E-state index contributed by atoms with van der Waals surface area (Å²) in [6, 6.07) is 13.7. The number of hydrogen-bond acceptors (Lipinski definition) is 4. The molecule has 0 bridgehead atoms. The molecule has 1 unspecified atom stereocenters. The molecule has 6 nitrogen and oxygen atoms in total. The van der Waals surface area contributed by atoms with Gasteiger partial charge in [0.25, 0.3) is 10.0 Å². The molecule has 2 aromatic carbocycles. The van der Waals surface area contributed by atoms with Crippen molar-refractivity contribution < 1.29 is 35.7 Å². The van der Waals surface area contributed by atoms with E-state index in [0.717, 1.165) is 35.3 Å². The van der Waals surface area contributed by atoms with Gasteiger partial charge in [0.2, 0.25) is 0 Å². The maximum absolute atomic E-state index is 13.2. The Bertz CT molecular complexity index is 973. The molecule has 2 N–H and O–H groups in total. The lowest BCUT2D eigenvalue weighted by Gasteiger charge is -2.20. The number of para-hydroxylation sites is 1. The number of rotatable bonds is 6. The van der Waals surface area contributed by atoms with Crippen molar-refractivity contribution in [2.75, 3.05) is 17.9 Å². The molecule has 1 aliphatic rings. The number of unbranched alkanes of at least 4 members (excludes halogenated alkanes) is 3. The first-order chi connectivity index (χ1) is 13.9. The molecular weight excluding hydrogens is 424 g/mol. The molecule has 1 aliphatic heterocycles. The summed E-state index contributed by atoms with van der Waals surface area (Å²) in [5.74, 6) is 0. The Morgan fingerprint density at radius 3 is 2.37 bits per heavy atom. The predicted octanol–water partition coefficient (Wildman–Crippen LogP) is -0.213. The number of fused-ring (bicyclic) bond motifs is 2. The zero-order chi connectivity index (χ0) is 21.4. The van der Waals surface area contributed by atoms with E-state index in [2.05, 4.69) is 18.3 Å². The molecule has 0 amide bonds. The van der Waals surface area contributed by atoms with E-state index in [4.69, 9.17) is 9.59 Å². The largest absolute Gasteiger partial charge is 1.00 e. The molecule has 0 aromatic heterocycles. The molecule has 0 saturated carbocycles. The highest BCUT2D eigenvalue weighted by Gasteiger charge is 2.36. The molecule has 0 radical (unpaired) electrons. The van der Waals surface area contributed by atoms with Crippen LogP contribution in [-0.2, 0) is 19.6 Å². The molecule has 0 spiro atoms. The number of sulfonamides is 1. The normalized spacial score (nSPS) is 16.0. The van der Waals surface area contributed by atoms with E-state index in [0.29, 0.717) is 4.90 Å². The van der Waals surface area contributed by atoms with Gasteiger partial charge in [-0.15, -0.1) is 0 Å². The molecule has 0 aliphatic carbocycles. The van der Waals surface area contributed by atoms with Gasteiger partial charge in [-0.2, -0.15) is 9.59 Å². The third-order valence-corrected chi connectivity index (χ3v) is 7.04. The van der Waals surface area contributed by atoms with Crippen LogP contribution in [0.2, 0.25) is 0 Å². The summed E-state index contributed by atoms with van der Waals surface area (Å²) in [7, 11) is -1.90. The topological polar surface area (TPSA) is 88.1 Å². The van der Waals surface area contributed by atoms with Gasteiger partial charge in [0.15, 0.2) is 0 Å². The van der Waals surface area contributed by atoms with E-state index in [1.54, 1.807) is 7.05 Å². The van der Waals surface area contributed by atoms with Gasteiger partial charge < -0.3 is 17.7 Å². The van der Waals surface area contributed by atoms with E-state index in [-0.39, 0.29) is 24.6 Å². The van der Waals surface area contributed by atoms with Crippen molar-refractivity contribution in [2.45, 2.75) is 50.5 Å². The summed E-state index contributed by atoms with van der Waals surface area (Å²) >= 11 is 0. The van der Waals surface area contributed by atoms with E-state index in [9.17, 15) is 8.42 Å². The molecule has 0 saturated heterocycles.